The lowest BCUT2D eigenvalue weighted by molar-refractivity contribution is -0.118. The van der Waals surface area contributed by atoms with E-state index in [-0.39, 0.29) is 5.91 Å². The molecule has 1 aliphatic carbocycles. The maximum atomic E-state index is 11.9. The van der Waals surface area contributed by atoms with E-state index in [0.29, 0.717) is 5.13 Å². The lowest BCUT2D eigenvalue weighted by Gasteiger charge is -2.06. The van der Waals surface area contributed by atoms with Crippen LogP contribution in [0.5, 0.6) is 0 Å². The van der Waals surface area contributed by atoms with Crippen molar-refractivity contribution in [3.05, 3.63) is 45.4 Å². The number of hydrogen-bond donors (Lipinski definition) is 2. The second-order valence-electron chi connectivity index (χ2n) is 5.50. The van der Waals surface area contributed by atoms with Crippen molar-refractivity contribution >= 4 is 34.0 Å². The Morgan fingerprint density at radius 2 is 2.29 bits per heavy atom. The standard InChI is InChI=1S/C15H16ClN3OS/c1-9-2-3-10(7-12(9)16)6-11-8-18-14(21-11)19-13(20)15(17)4-5-15/h2-3,7-8H,4-6,17H2,1H3,(H,18,19,20). The summed E-state index contributed by atoms with van der Waals surface area (Å²) >= 11 is 7.60. The van der Waals surface area contributed by atoms with Gasteiger partial charge in [0.15, 0.2) is 5.13 Å². The van der Waals surface area contributed by atoms with Crippen LogP contribution in [-0.2, 0) is 11.2 Å². The molecule has 1 amide bonds. The van der Waals surface area contributed by atoms with Crippen LogP contribution in [0.2, 0.25) is 5.02 Å². The average Bonchev–Trinajstić information content (AvgIpc) is 3.05. The molecule has 4 nitrogen and oxygen atoms in total. The Bertz CT molecular complexity index is 694. The highest BCUT2D eigenvalue weighted by atomic mass is 35.5. The molecule has 0 aliphatic heterocycles. The van der Waals surface area contributed by atoms with Gasteiger partial charge in [0.2, 0.25) is 5.91 Å². The zero-order valence-electron chi connectivity index (χ0n) is 11.6. The number of carbonyl (C=O) groups excluding carboxylic acids is 1. The maximum Gasteiger partial charge on any atom is 0.246 e. The third-order valence-corrected chi connectivity index (χ3v) is 4.95. The predicted molar refractivity (Wildman–Crippen MR) is 85.9 cm³/mol. The molecule has 1 fully saturated rings. The number of nitrogens with zero attached hydrogens (tertiary/aromatic N) is 1. The SMILES string of the molecule is Cc1ccc(Cc2cnc(NC(=O)C3(N)CC3)s2)cc1Cl. The molecule has 0 atom stereocenters. The molecular weight excluding hydrogens is 306 g/mol. The molecule has 1 aromatic carbocycles. The monoisotopic (exact) mass is 321 g/mol. The van der Waals surface area contributed by atoms with Crippen LogP contribution < -0.4 is 11.1 Å². The van der Waals surface area contributed by atoms with E-state index >= 15 is 0 Å². The Labute approximate surface area is 132 Å². The van der Waals surface area contributed by atoms with Crippen LogP contribution in [0.3, 0.4) is 0 Å². The van der Waals surface area contributed by atoms with E-state index < -0.39 is 5.54 Å². The van der Waals surface area contributed by atoms with Gasteiger partial charge in [-0.05, 0) is 37.0 Å². The number of halogens is 1. The molecular formula is C15H16ClN3OS. The minimum atomic E-state index is -0.670. The van der Waals surface area contributed by atoms with Crippen molar-refractivity contribution in [3.8, 4) is 0 Å². The predicted octanol–water partition coefficient (Wildman–Crippen LogP) is 3.13. The van der Waals surface area contributed by atoms with Crippen molar-refractivity contribution in [2.45, 2.75) is 31.7 Å². The normalized spacial score (nSPS) is 15.8. The Morgan fingerprint density at radius 1 is 1.52 bits per heavy atom. The minimum absolute atomic E-state index is 0.137. The number of thiazole rings is 1. The molecule has 6 heteroatoms. The Hall–Kier alpha value is -1.43. The summed E-state index contributed by atoms with van der Waals surface area (Å²) in [4.78, 5) is 17.2. The zero-order chi connectivity index (χ0) is 15.0. The van der Waals surface area contributed by atoms with Crippen molar-refractivity contribution in [2.75, 3.05) is 5.32 Å². The van der Waals surface area contributed by atoms with Crippen LogP contribution in [0.4, 0.5) is 5.13 Å². The van der Waals surface area contributed by atoms with E-state index in [1.54, 1.807) is 6.20 Å². The number of aromatic nitrogens is 1. The Morgan fingerprint density at radius 3 is 2.95 bits per heavy atom. The Kier molecular flexibility index (Phi) is 3.73. The highest BCUT2D eigenvalue weighted by molar-refractivity contribution is 7.15. The largest absolute Gasteiger partial charge is 0.317 e. The fourth-order valence-electron chi connectivity index (χ4n) is 1.98. The van der Waals surface area contributed by atoms with Crippen molar-refractivity contribution in [2.24, 2.45) is 5.73 Å². The molecule has 0 radical (unpaired) electrons. The molecule has 1 saturated carbocycles. The number of nitrogens with two attached hydrogens (primary N) is 1. The molecule has 1 heterocycles. The smallest absolute Gasteiger partial charge is 0.246 e. The number of hydrogen-bond acceptors (Lipinski definition) is 4. The van der Waals surface area contributed by atoms with Crippen molar-refractivity contribution in [1.29, 1.82) is 0 Å². The van der Waals surface area contributed by atoms with Gasteiger partial charge in [-0.2, -0.15) is 0 Å². The second kappa shape index (κ2) is 5.40. The third kappa shape index (κ3) is 3.26. The molecule has 3 N–H and O–H groups in total. The second-order valence-corrected chi connectivity index (χ2v) is 7.02. The molecule has 0 unspecified atom stereocenters. The first-order valence-corrected chi connectivity index (χ1v) is 7.96. The third-order valence-electron chi connectivity index (χ3n) is 3.63. The van der Waals surface area contributed by atoms with E-state index in [9.17, 15) is 4.79 Å². The number of aryl methyl sites for hydroxylation is 1. The lowest BCUT2D eigenvalue weighted by atomic mass is 10.1. The average molecular weight is 322 g/mol. The summed E-state index contributed by atoms with van der Waals surface area (Å²) in [5.41, 5.74) is 7.37. The van der Waals surface area contributed by atoms with Crippen LogP contribution in [0, 0.1) is 6.92 Å². The number of rotatable bonds is 4. The summed E-state index contributed by atoms with van der Waals surface area (Å²) < 4.78 is 0. The van der Waals surface area contributed by atoms with Gasteiger partial charge in [-0.1, -0.05) is 23.7 Å². The van der Waals surface area contributed by atoms with Crippen molar-refractivity contribution in [1.82, 2.24) is 4.98 Å². The van der Waals surface area contributed by atoms with Gasteiger partial charge in [-0.25, -0.2) is 4.98 Å². The first-order valence-electron chi connectivity index (χ1n) is 6.76. The summed E-state index contributed by atoms with van der Waals surface area (Å²) in [7, 11) is 0. The van der Waals surface area contributed by atoms with Crippen LogP contribution in [0.25, 0.3) is 0 Å². The summed E-state index contributed by atoms with van der Waals surface area (Å²) in [6.45, 7) is 1.98. The maximum absolute atomic E-state index is 11.9. The van der Waals surface area contributed by atoms with Crippen LogP contribution in [0.1, 0.15) is 28.8 Å². The van der Waals surface area contributed by atoms with Gasteiger partial charge in [0.1, 0.15) is 0 Å². The molecule has 1 aliphatic rings. The molecule has 3 rings (SSSR count). The molecule has 0 spiro atoms. The molecule has 2 aromatic rings. The van der Waals surface area contributed by atoms with Crippen LogP contribution in [0.15, 0.2) is 24.4 Å². The molecule has 0 bridgehead atoms. The number of nitrogens with one attached hydrogen (secondary N) is 1. The van der Waals surface area contributed by atoms with Gasteiger partial charge in [0, 0.05) is 22.5 Å². The van der Waals surface area contributed by atoms with E-state index in [0.717, 1.165) is 40.3 Å². The summed E-state index contributed by atoms with van der Waals surface area (Å²) in [5.74, 6) is -0.137. The van der Waals surface area contributed by atoms with E-state index in [1.165, 1.54) is 11.3 Å². The topological polar surface area (TPSA) is 68.0 Å². The van der Waals surface area contributed by atoms with E-state index in [1.807, 2.05) is 19.1 Å². The molecule has 21 heavy (non-hydrogen) atoms. The molecule has 0 saturated heterocycles. The quantitative estimate of drug-likeness (QED) is 0.909. The zero-order valence-corrected chi connectivity index (χ0v) is 13.2. The lowest BCUT2D eigenvalue weighted by Crippen LogP contribution is -2.37. The van der Waals surface area contributed by atoms with Gasteiger partial charge < -0.3 is 11.1 Å². The summed E-state index contributed by atoms with van der Waals surface area (Å²) in [6, 6.07) is 6.03. The van der Waals surface area contributed by atoms with Gasteiger partial charge in [0.25, 0.3) is 0 Å². The van der Waals surface area contributed by atoms with Crippen molar-refractivity contribution in [3.63, 3.8) is 0 Å². The van der Waals surface area contributed by atoms with Crippen molar-refractivity contribution < 1.29 is 4.79 Å². The summed E-state index contributed by atoms with van der Waals surface area (Å²) in [6.07, 6.45) is 4.03. The number of carbonyl (C=O) groups is 1. The van der Waals surface area contributed by atoms with E-state index in [2.05, 4.69) is 16.4 Å². The molecule has 1 aromatic heterocycles. The van der Waals surface area contributed by atoms with Crippen LogP contribution >= 0.6 is 22.9 Å². The van der Waals surface area contributed by atoms with Gasteiger partial charge in [-0.3, -0.25) is 4.79 Å². The van der Waals surface area contributed by atoms with Gasteiger partial charge in [-0.15, -0.1) is 11.3 Å². The van der Waals surface area contributed by atoms with Gasteiger partial charge >= 0.3 is 0 Å². The van der Waals surface area contributed by atoms with Crippen LogP contribution in [-0.4, -0.2) is 16.4 Å². The summed E-state index contributed by atoms with van der Waals surface area (Å²) in [5, 5.41) is 4.16. The highest BCUT2D eigenvalue weighted by Gasteiger charge is 2.46. The number of amides is 1. The highest BCUT2D eigenvalue weighted by Crippen LogP contribution is 2.34. The Balaban J connectivity index is 1.67. The van der Waals surface area contributed by atoms with Gasteiger partial charge in [0.05, 0.1) is 5.54 Å². The fourth-order valence-corrected chi connectivity index (χ4v) is 3.02. The first-order chi connectivity index (χ1) is 9.96. The van der Waals surface area contributed by atoms with E-state index in [4.69, 9.17) is 17.3 Å². The first kappa shape index (κ1) is 14.5. The number of benzene rings is 1. The fraction of sp³-hybridized carbons (Fsp3) is 0.333. The number of anilines is 1. The minimum Gasteiger partial charge on any atom is -0.317 e. The molecule has 110 valence electrons.